The molecule has 3 aliphatic rings. The van der Waals surface area contributed by atoms with Gasteiger partial charge in [-0.05, 0) is 38.0 Å². The quantitative estimate of drug-likeness (QED) is 0.835. The summed E-state index contributed by atoms with van der Waals surface area (Å²) in [7, 11) is 0. The highest BCUT2D eigenvalue weighted by Gasteiger charge is 2.48. The van der Waals surface area contributed by atoms with Crippen molar-refractivity contribution >= 4 is 17.8 Å². The second-order valence-corrected chi connectivity index (χ2v) is 7.23. The Kier molecular flexibility index (Phi) is 4.60. The Labute approximate surface area is 136 Å². The minimum Gasteiger partial charge on any atom is -0.480 e. The van der Waals surface area contributed by atoms with E-state index >= 15 is 0 Å². The highest BCUT2D eigenvalue weighted by atomic mass is 16.4. The van der Waals surface area contributed by atoms with Crippen LogP contribution in [0.3, 0.4) is 0 Å². The SMILES string of the molecule is CC(=O)N1CCC(C(=O)N2[C@H](C(=O)O)C[C@H]3CCCC[C@@H]32)CC1. The standard InChI is InChI=1S/C17H26N2O4/c1-11(20)18-8-6-12(7-9-18)16(21)19-14-5-3-2-4-13(14)10-15(19)17(22)23/h12-15H,2-10H2,1H3,(H,22,23)/t13-,14+,15+/m1/s1. The molecule has 2 aliphatic heterocycles. The van der Waals surface area contributed by atoms with Crippen molar-refractivity contribution < 1.29 is 19.5 Å². The number of carbonyl (C=O) groups excluding carboxylic acids is 2. The van der Waals surface area contributed by atoms with Gasteiger partial charge in [0.15, 0.2) is 0 Å². The third-order valence-electron chi connectivity index (χ3n) is 5.92. The molecule has 2 heterocycles. The Morgan fingerprint density at radius 2 is 1.65 bits per heavy atom. The summed E-state index contributed by atoms with van der Waals surface area (Å²) in [6, 6.07) is -0.537. The number of rotatable bonds is 2. The van der Waals surface area contributed by atoms with Crippen LogP contribution in [0.2, 0.25) is 0 Å². The minimum atomic E-state index is -0.867. The predicted octanol–water partition coefficient (Wildman–Crippen LogP) is 1.49. The molecule has 1 N–H and O–H groups in total. The largest absolute Gasteiger partial charge is 0.480 e. The number of carboxylic acid groups (broad SMARTS) is 1. The van der Waals surface area contributed by atoms with E-state index in [0.29, 0.717) is 38.3 Å². The van der Waals surface area contributed by atoms with Gasteiger partial charge < -0.3 is 14.9 Å². The van der Waals surface area contributed by atoms with Crippen LogP contribution in [0.25, 0.3) is 0 Å². The molecule has 0 aromatic carbocycles. The van der Waals surface area contributed by atoms with Crippen LogP contribution in [-0.2, 0) is 14.4 Å². The van der Waals surface area contributed by atoms with Crippen LogP contribution in [0, 0.1) is 11.8 Å². The fraction of sp³-hybridized carbons (Fsp3) is 0.824. The van der Waals surface area contributed by atoms with Gasteiger partial charge in [-0.2, -0.15) is 0 Å². The molecule has 0 aromatic rings. The first-order valence-corrected chi connectivity index (χ1v) is 8.79. The van der Waals surface area contributed by atoms with Crippen LogP contribution in [-0.4, -0.2) is 57.9 Å². The second-order valence-electron chi connectivity index (χ2n) is 7.23. The zero-order valence-electron chi connectivity index (χ0n) is 13.7. The monoisotopic (exact) mass is 322 g/mol. The molecule has 1 aliphatic carbocycles. The van der Waals surface area contributed by atoms with Gasteiger partial charge in [0.2, 0.25) is 11.8 Å². The minimum absolute atomic E-state index is 0.00926. The van der Waals surface area contributed by atoms with Gasteiger partial charge in [0.1, 0.15) is 6.04 Å². The van der Waals surface area contributed by atoms with Crippen molar-refractivity contribution in [1.82, 2.24) is 9.80 Å². The lowest BCUT2D eigenvalue weighted by Gasteiger charge is -2.37. The Bertz CT molecular complexity index is 499. The molecule has 0 aromatic heterocycles. The zero-order chi connectivity index (χ0) is 16.6. The first-order valence-electron chi connectivity index (χ1n) is 8.79. The molecule has 2 amide bonds. The number of hydrogen-bond donors (Lipinski definition) is 1. The molecule has 3 atom stereocenters. The molecular formula is C17H26N2O4. The number of carbonyl (C=O) groups is 3. The van der Waals surface area contributed by atoms with E-state index in [2.05, 4.69) is 0 Å². The molecule has 3 rings (SSSR count). The van der Waals surface area contributed by atoms with Gasteiger partial charge in [0.05, 0.1) is 0 Å². The van der Waals surface area contributed by atoms with E-state index in [0.717, 1.165) is 25.7 Å². The number of aliphatic carboxylic acids is 1. The molecule has 3 fully saturated rings. The Balaban J connectivity index is 1.71. The van der Waals surface area contributed by atoms with Crippen molar-refractivity contribution in [3.63, 3.8) is 0 Å². The molecule has 1 saturated carbocycles. The Morgan fingerprint density at radius 1 is 1.00 bits per heavy atom. The molecule has 0 unspecified atom stereocenters. The highest BCUT2D eigenvalue weighted by molar-refractivity contribution is 5.86. The number of fused-ring (bicyclic) bond motifs is 1. The molecule has 6 nitrogen and oxygen atoms in total. The lowest BCUT2D eigenvalue weighted by atomic mass is 9.84. The van der Waals surface area contributed by atoms with Crippen molar-refractivity contribution in [2.75, 3.05) is 13.1 Å². The molecule has 0 radical (unpaired) electrons. The summed E-state index contributed by atoms with van der Waals surface area (Å²) < 4.78 is 0. The van der Waals surface area contributed by atoms with Crippen LogP contribution in [0.5, 0.6) is 0 Å². The number of carboxylic acids is 1. The summed E-state index contributed by atoms with van der Waals surface area (Å²) in [6.45, 7) is 2.76. The lowest BCUT2D eigenvalue weighted by Crippen LogP contribution is -2.50. The predicted molar refractivity (Wildman–Crippen MR) is 83.6 cm³/mol. The van der Waals surface area contributed by atoms with E-state index in [1.165, 1.54) is 0 Å². The highest BCUT2D eigenvalue weighted by Crippen LogP contribution is 2.41. The number of nitrogens with zero attached hydrogens (tertiary/aromatic N) is 2. The summed E-state index contributed by atoms with van der Waals surface area (Å²) in [5.74, 6) is -0.587. The summed E-state index contributed by atoms with van der Waals surface area (Å²) in [4.78, 5) is 39.5. The number of amides is 2. The van der Waals surface area contributed by atoms with E-state index in [1.807, 2.05) is 0 Å². The van der Waals surface area contributed by atoms with Crippen LogP contribution < -0.4 is 0 Å². The van der Waals surface area contributed by atoms with Gasteiger partial charge in [-0.1, -0.05) is 12.8 Å². The summed E-state index contributed by atoms with van der Waals surface area (Å²) in [5.41, 5.74) is 0. The van der Waals surface area contributed by atoms with Gasteiger partial charge >= 0.3 is 5.97 Å². The first-order chi connectivity index (χ1) is 11.0. The van der Waals surface area contributed by atoms with Crippen molar-refractivity contribution in [1.29, 1.82) is 0 Å². The van der Waals surface area contributed by atoms with Crippen molar-refractivity contribution in [2.24, 2.45) is 11.8 Å². The fourth-order valence-corrected chi connectivity index (χ4v) is 4.65. The third-order valence-corrected chi connectivity index (χ3v) is 5.92. The maximum atomic E-state index is 13.0. The average molecular weight is 322 g/mol. The topological polar surface area (TPSA) is 77.9 Å². The average Bonchev–Trinajstić information content (AvgIpc) is 2.94. The molecule has 23 heavy (non-hydrogen) atoms. The maximum Gasteiger partial charge on any atom is 0.326 e. The van der Waals surface area contributed by atoms with Crippen molar-refractivity contribution in [3.05, 3.63) is 0 Å². The van der Waals surface area contributed by atoms with E-state index in [1.54, 1.807) is 16.7 Å². The van der Waals surface area contributed by atoms with Gasteiger partial charge in [0, 0.05) is 32.0 Å². The molecule has 6 heteroatoms. The first kappa shape index (κ1) is 16.3. The van der Waals surface area contributed by atoms with E-state index in [-0.39, 0.29) is 23.8 Å². The summed E-state index contributed by atoms with van der Waals surface area (Å²) in [6.07, 6.45) is 6.12. The second kappa shape index (κ2) is 6.49. The Hall–Kier alpha value is -1.59. The number of hydrogen-bond acceptors (Lipinski definition) is 3. The van der Waals surface area contributed by atoms with Gasteiger partial charge in [0.25, 0.3) is 0 Å². The molecule has 2 saturated heterocycles. The summed E-state index contributed by atoms with van der Waals surface area (Å²) in [5, 5.41) is 9.55. The smallest absolute Gasteiger partial charge is 0.326 e. The normalized spacial score (nSPS) is 31.8. The molecule has 0 spiro atoms. The number of piperidine rings is 1. The summed E-state index contributed by atoms with van der Waals surface area (Å²) >= 11 is 0. The van der Waals surface area contributed by atoms with E-state index < -0.39 is 12.0 Å². The van der Waals surface area contributed by atoms with E-state index in [4.69, 9.17) is 0 Å². The number of likely N-dealkylation sites (tertiary alicyclic amines) is 2. The van der Waals surface area contributed by atoms with Crippen LogP contribution in [0.15, 0.2) is 0 Å². The van der Waals surface area contributed by atoms with Gasteiger partial charge in [-0.15, -0.1) is 0 Å². The van der Waals surface area contributed by atoms with Crippen molar-refractivity contribution in [3.8, 4) is 0 Å². The molecular weight excluding hydrogens is 296 g/mol. The Morgan fingerprint density at radius 3 is 2.26 bits per heavy atom. The van der Waals surface area contributed by atoms with Crippen LogP contribution in [0.4, 0.5) is 0 Å². The molecule has 128 valence electrons. The fourth-order valence-electron chi connectivity index (χ4n) is 4.65. The maximum absolute atomic E-state index is 13.0. The lowest BCUT2D eigenvalue weighted by molar-refractivity contribution is -0.153. The van der Waals surface area contributed by atoms with Crippen LogP contribution in [0.1, 0.15) is 51.9 Å². The van der Waals surface area contributed by atoms with E-state index in [9.17, 15) is 19.5 Å². The van der Waals surface area contributed by atoms with Crippen LogP contribution >= 0.6 is 0 Å². The third kappa shape index (κ3) is 3.08. The zero-order valence-corrected chi connectivity index (χ0v) is 13.7. The van der Waals surface area contributed by atoms with Gasteiger partial charge in [-0.3, -0.25) is 9.59 Å². The van der Waals surface area contributed by atoms with Gasteiger partial charge in [-0.25, -0.2) is 4.79 Å². The molecule has 0 bridgehead atoms. The van der Waals surface area contributed by atoms with Crippen molar-refractivity contribution in [2.45, 2.75) is 64.0 Å².